The first-order chi connectivity index (χ1) is 8.00. The van der Waals surface area contributed by atoms with Gasteiger partial charge in [-0.2, -0.15) is 0 Å². The van der Waals surface area contributed by atoms with E-state index >= 15 is 0 Å². The fourth-order valence-corrected chi connectivity index (χ4v) is 2.08. The predicted octanol–water partition coefficient (Wildman–Crippen LogP) is 2.41. The molecule has 0 fully saturated rings. The van der Waals surface area contributed by atoms with Crippen LogP contribution in [0, 0.1) is 0 Å². The van der Waals surface area contributed by atoms with Gasteiger partial charge in [-0.1, -0.05) is 30.3 Å². The van der Waals surface area contributed by atoms with Gasteiger partial charge in [0.1, 0.15) is 0 Å². The molecule has 1 unspecified atom stereocenters. The van der Waals surface area contributed by atoms with E-state index in [1.165, 1.54) is 5.56 Å². The fourth-order valence-electron chi connectivity index (χ4n) is 2.08. The van der Waals surface area contributed by atoms with Crippen LogP contribution in [0.1, 0.15) is 26.3 Å². The number of aliphatic carboxylic acids is 1. The zero-order valence-electron chi connectivity index (χ0n) is 10.8. The van der Waals surface area contributed by atoms with Gasteiger partial charge in [-0.15, -0.1) is 0 Å². The van der Waals surface area contributed by atoms with Crippen molar-refractivity contribution in [2.24, 2.45) is 0 Å². The highest BCUT2D eigenvalue weighted by Crippen LogP contribution is 2.11. The largest absolute Gasteiger partial charge is 0.480 e. The van der Waals surface area contributed by atoms with E-state index in [1.807, 2.05) is 36.9 Å². The van der Waals surface area contributed by atoms with Crippen molar-refractivity contribution in [3.05, 3.63) is 35.9 Å². The smallest absolute Gasteiger partial charge is 0.317 e. The Morgan fingerprint density at radius 1 is 1.24 bits per heavy atom. The summed E-state index contributed by atoms with van der Waals surface area (Å²) in [6.07, 6.45) is 0.881. The summed E-state index contributed by atoms with van der Waals surface area (Å²) in [6, 6.07) is 10.6. The molecular formula is C14H21NO2. The molecular weight excluding hydrogens is 214 g/mol. The molecule has 3 nitrogen and oxygen atoms in total. The van der Waals surface area contributed by atoms with Crippen LogP contribution in [-0.4, -0.2) is 34.6 Å². The van der Waals surface area contributed by atoms with Crippen LogP contribution in [0.4, 0.5) is 0 Å². The molecule has 0 aliphatic heterocycles. The molecule has 1 aromatic rings. The van der Waals surface area contributed by atoms with Crippen LogP contribution in [0.5, 0.6) is 0 Å². The standard InChI is InChI=1S/C14H21NO2/c1-11(2)15(10-14(16)17)12(3)9-13-7-5-4-6-8-13/h4-8,11-12H,9-10H2,1-3H3,(H,16,17). The number of nitrogens with zero attached hydrogens (tertiary/aromatic N) is 1. The average Bonchev–Trinajstić information content (AvgIpc) is 2.26. The number of rotatable bonds is 6. The number of benzene rings is 1. The first-order valence-electron chi connectivity index (χ1n) is 6.02. The Hall–Kier alpha value is -1.35. The van der Waals surface area contributed by atoms with Gasteiger partial charge < -0.3 is 5.11 Å². The summed E-state index contributed by atoms with van der Waals surface area (Å²) in [7, 11) is 0. The molecule has 17 heavy (non-hydrogen) atoms. The van der Waals surface area contributed by atoms with Crippen molar-refractivity contribution in [3.8, 4) is 0 Å². The fraction of sp³-hybridized carbons (Fsp3) is 0.500. The number of carboxylic acids is 1. The maximum Gasteiger partial charge on any atom is 0.317 e. The first kappa shape index (κ1) is 13.7. The minimum absolute atomic E-state index is 0.103. The van der Waals surface area contributed by atoms with Gasteiger partial charge in [0.2, 0.25) is 0 Å². The molecule has 0 aliphatic carbocycles. The van der Waals surface area contributed by atoms with Crippen LogP contribution in [0.15, 0.2) is 30.3 Å². The van der Waals surface area contributed by atoms with Gasteiger partial charge in [0.05, 0.1) is 6.54 Å². The van der Waals surface area contributed by atoms with E-state index in [4.69, 9.17) is 5.11 Å². The lowest BCUT2D eigenvalue weighted by molar-refractivity contribution is -0.139. The summed E-state index contributed by atoms with van der Waals surface area (Å²) in [5, 5.41) is 8.91. The molecule has 94 valence electrons. The lowest BCUT2D eigenvalue weighted by atomic mass is 10.0. The predicted molar refractivity (Wildman–Crippen MR) is 69.1 cm³/mol. The van der Waals surface area contributed by atoms with Crippen LogP contribution in [0.3, 0.4) is 0 Å². The Labute approximate surface area is 103 Å². The molecule has 0 aliphatic rings. The molecule has 0 heterocycles. The van der Waals surface area contributed by atoms with Crippen molar-refractivity contribution in [1.82, 2.24) is 4.90 Å². The van der Waals surface area contributed by atoms with E-state index in [0.29, 0.717) is 0 Å². The molecule has 0 amide bonds. The third-order valence-corrected chi connectivity index (χ3v) is 2.92. The van der Waals surface area contributed by atoms with E-state index in [2.05, 4.69) is 19.1 Å². The van der Waals surface area contributed by atoms with Gasteiger partial charge in [-0.25, -0.2) is 0 Å². The third kappa shape index (κ3) is 4.57. The van der Waals surface area contributed by atoms with E-state index < -0.39 is 5.97 Å². The van der Waals surface area contributed by atoms with Gasteiger partial charge in [-0.3, -0.25) is 9.69 Å². The van der Waals surface area contributed by atoms with Crippen LogP contribution in [0.25, 0.3) is 0 Å². The van der Waals surface area contributed by atoms with Gasteiger partial charge in [0.15, 0.2) is 0 Å². The Kier molecular flexibility index (Phi) is 5.16. The van der Waals surface area contributed by atoms with E-state index in [1.54, 1.807) is 0 Å². The number of hydrogen-bond acceptors (Lipinski definition) is 2. The molecule has 1 atom stereocenters. The van der Waals surface area contributed by atoms with Crippen molar-refractivity contribution in [2.75, 3.05) is 6.54 Å². The monoisotopic (exact) mass is 235 g/mol. The minimum atomic E-state index is -0.765. The van der Waals surface area contributed by atoms with Crippen LogP contribution < -0.4 is 0 Å². The molecule has 0 spiro atoms. The normalized spacial score (nSPS) is 13.0. The summed E-state index contributed by atoms with van der Waals surface area (Å²) in [6.45, 7) is 6.25. The summed E-state index contributed by atoms with van der Waals surface area (Å²) in [4.78, 5) is 12.8. The van der Waals surface area contributed by atoms with Gasteiger partial charge in [0.25, 0.3) is 0 Å². The Morgan fingerprint density at radius 3 is 2.29 bits per heavy atom. The van der Waals surface area contributed by atoms with E-state index in [-0.39, 0.29) is 18.6 Å². The van der Waals surface area contributed by atoms with Crippen molar-refractivity contribution in [2.45, 2.75) is 39.3 Å². The molecule has 0 saturated carbocycles. The third-order valence-electron chi connectivity index (χ3n) is 2.92. The molecule has 0 saturated heterocycles. The Balaban J connectivity index is 2.65. The second-order valence-corrected chi connectivity index (χ2v) is 4.70. The molecule has 0 aromatic heterocycles. The summed E-state index contributed by atoms with van der Waals surface area (Å²) >= 11 is 0. The second-order valence-electron chi connectivity index (χ2n) is 4.70. The van der Waals surface area contributed by atoms with E-state index in [9.17, 15) is 4.79 Å². The van der Waals surface area contributed by atoms with Crippen molar-refractivity contribution >= 4 is 5.97 Å². The zero-order chi connectivity index (χ0) is 12.8. The van der Waals surface area contributed by atoms with Gasteiger partial charge in [0, 0.05) is 12.1 Å². The quantitative estimate of drug-likeness (QED) is 0.823. The van der Waals surface area contributed by atoms with Crippen LogP contribution in [0.2, 0.25) is 0 Å². The number of carboxylic acid groups (broad SMARTS) is 1. The van der Waals surface area contributed by atoms with Crippen molar-refractivity contribution in [1.29, 1.82) is 0 Å². The Morgan fingerprint density at radius 2 is 1.82 bits per heavy atom. The maximum atomic E-state index is 10.8. The van der Waals surface area contributed by atoms with Gasteiger partial charge >= 0.3 is 5.97 Å². The highest BCUT2D eigenvalue weighted by atomic mass is 16.4. The highest BCUT2D eigenvalue weighted by Gasteiger charge is 2.19. The second kappa shape index (κ2) is 6.40. The lowest BCUT2D eigenvalue weighted by Crippen LogP contribution is -2.43. The van der Waals surface area contributed by atoms with Crippen molar-refractivity contribution in [3.63, 3.8) is 0 Å². The Bertz CT molecular complexity index is 348. The van der Waals surface area contributed by atoms with Crippen molar-refractivity contribution < 1.29 is 9.90 Å². The summed E-state index contributed by atoms with van der Waals surface area (Å²) < 4.78 is 0. The van der Waals surface area contributed by atoms with E-state index in [0.717, 1.165) is 6.42 Å². The summed E-state index contributed by atoms with van der Waals surface area (Å²) in [5.41, 5.74) is 1.25. The minimum Gasteiger partial charge on any atom is -0.480 e. The van der Waals surface area contributed by atoms with Gasteiger partial charge in [-0.05, 0) is 32.8 Å². The molecule has 1 aromatic carbocycles. The SMILES string of the molecule is CC(C)N(CC(=O)O)C(C)Cc1ccccc1. The molecule has 1 rings (SSSR count). The maximum absolute atomic E-state index is 10.8. The number of carbonyl (C=O) groups is 1. The topological polar surface area (TPSA) is 40.5 Å². The lowest BCUT2D eigenvalue weighted by Gasteiger charge is -2.31. The average molecular weight is 235 g/mol. The van der Waals surface area contributed by atoms with Crippen LogP contribution in [-0.2, 0) is 11.2 Å². The zero-order valence-corrected chi connectivity index (χ0v) is 10.8. The van der Waals surface area contributed by atoms with Crippen LogP contribution >= 0.6 is 0 Å². The molecule has 3 heteroatoms. The summed E-state index contributed by atoms with van der Waals surface area (Å²) in [5.74, 6) is -0.765. The number of hydrogen-bond donors (Lipinski definition) is 1. The molecule has 0 radical (unpaired) electrons. The first-order valence-corrected chi connectivity index (χ1v) is 6.02. The molecule has 0 bridgehead atoms. The highest BCUT2D eigenvalue weighted by molar-refractivity contribution is 5.69. The molecule has 1 N–H and O–H groups in total.